The van der Waals surface area contributed by atoms with Gasteiger partial charge in [-0.25, -0.2) is 4.98 Å². The Morgan fingerprint density at radius 1 is 0.926 bits per heavy atom. The average molecular weight is 364 g/mol. The largest absolute Gasteiger partial charge is 0.497 e. The lowest BCUT2D eigenvalue weighted by atomic mass is 9.84. The summed E-state index contributed by atoms with van der Waals surface area (Å²) in [6.07, 6.45) is 1.25. The SMILES string of the molecule is COc1cc(OC)cc(C2(O)CCN(c3ccc4ccccc4n3)CC2)c1. The van der Waals surface area contributed by atoms with Crippen LogP contribution in [0.15, 0.2) is 54.6 Å². The summed E-state index contributed by atoms with van der Waals surface area (Å²) in [5, 5.41) is 12.4. The molecule has 140 valence electrons. The van der Waals surface area contributed by atoms with Crippen LogP contribution in [0.5, 0.6) is 11.5 Å². The molecular weight excluding hydrogens is 340 g/mol. The molecule has 1 saturated heterocycles. The minimum Gasteiger partial charge on any atom is -0.497 e. The summed E-state index contributed by atoms with van der Waals surface area (Å²) >= 11 is 0. The van der Waals surface area contributed by atoms with Crippen molar-refractivity contribution in [1.29, 1.82) is 0 Å². The molecule has 5 nitrogen and oxygen atoms in total. The van der Waals surface area contributed by atoms with Crippen LogP contribution in [0.1, 0.15) is 18.4 Å². The van der Waals surface area contributed by atoms with Gasteiger partial charge < -0.3 is 19.5 Å². The molecule has 1 fully saturated rings. The molecule has 2 heterocycles. The Balaban J connectivity index is 1.55. The van der Waals surface area contributed by atoms with Gasteiger partial charge >= 0.3 is 0 Å². The third-order valence-electron chi connectivity index (χ3n) is 5.39. The van der Waals surface area contributed by atoms with Crippen molar-refractivity contribution < 1.29 is 14.6 Å². The molecule has 1 aliphatic rings. The van der Waals surface area contributed by atoms with Gasteiger partial charge in [0, 0.05) is 24.5 Å². The Morgan fingerprint density at radius 2 is 1.59 bits per heavy atom. The molecule has 1 aliphatic heterocycles. The molecule has 0 unspecified atom stereocenters. The van der Waals surface area contributed by atoms with Gasteiger partial charge in [0.25, 0.3) is 0 Å². The molecule has 0 bridgehead atoms. The van der Waals surface area contributed by atoms with Crippen LogP contribution in [0.2, 0.25) is 0 Å². The van der Waals surface area contributed by atoms with Gasteiger partial charge in [-0.2, -0.15) is 0 Å². The highest BCUT2D eigenvalue weighted by Crippen LogP contribution is 2.37. The lowest BCUT2D eigenvalue weighted by molar-refractivity contribution is 0.0113. The Morgan fingerprint density at radius 3 is 2.26 bits per heavy atom. The summed E-state index contributed by atoms with van der Waals surface area (Å²) in [5.41, 5.74) is 0.938. The van der Waals surface area contributed by atoms with Crippen LogP contribution in [0.3, 0.4) is 0 Å². The first-order chi connectivity index (χ1) is 13.1. The van der Waals surface area contributed by atoms with E-state index in [0.29, 0.717) is 24.3 Å². The van der Waals surface area contributed by atoms with Gasteiger partial charge in [-0.15, -0.1) is 0 Å². The van der Waals surface area contributed by atoms with E-state index in [1.807, 2.05) is 36.4 Å². The molecule has 27 heavy (non-hydrogen) atoms. The van der Waals surface area contributed by atoms with Crippen LogP contribution in [-0.4, -0.2) is 37.4 Å². The van der Waals surface area contributed by atoms with Gasteiger partial charge in [0.15, 0.2) is 0 Å². The van der Waals surface area contributed by atoms with Gasteiger partial charge in [-0.3, -0.25) is 0 Å². The molecule has 4 rings (SSSR count). The first-order valence-electron chi connectivity index (χ1n) is 9.18. The highest BCUT2D eigenvalue weighted by atomic mass is 16.5. The molecule has 3 aromatic rings. The number of piperidine rings is 1. The minimum atomic E-state index is -0.894. The number of rotatable bonds is 4. The fourth-order valence-corrected chi connectivity index (χ4v) is 3.70. The number of aliphatic hydroxyl groups is 1. The Hall–Kier alpha value is -2.79. The van der Waals surface area contributed by atoms with Crippen molar-refractivity contribution in [2.45, 2.75) is 18.4 Å². The number of ether oxygens (including phenoxy) is 2. The van der Waals surface area contributed by atoms with Crippen LogP contribution in [0.25, 0.3) is 10.9 Å². The van der Waals surface area contributed by atoms with Crippen molar-refractivity contribution in [3.05, 3.63) is 60.2 Å². The molecule has 5 heteroatoms. The number of fused-ring (bicyclic) bond motifs is 1. The highest BCUT2D eigenvalue weighted by Gasteiger charge is 2.35. The molecule has 1 N–H and O–H groups in total. The second-order valence-electron chi connectivity index (χ2n) is 6.98. The molecule has 0 radical (unpaired) electrons. The van der Waals surface area contributed by atoms with E-state index in [9.17, 15) is 5.11 Å². The first kappa shape index (κ1) is 17.6. The predicted octanol–water partition coefficient (Wildman–Crippen LogP) is 3.74. The third-order valence-corrected chi connectivity index (χ3v) is 5.39. The van der Waals surface area contributed by atoms with Crippen molar-refractivity contribution >= 4 is 16.7 Å². The molecule has 0 atom stereocenters. The topological polar surface area (TPSA) is 54.8 Å². The number of aromatic nitrogens is 1. The lowest BCUT2D eigenvalue weighted by Gasteiger charge is -2.39. The van der Waals surface area contributed by atoms with Crippen LogP contribution in [0.4, 0.5) is 5.82 Å². The van der Waals surface area contributed by atoms with Crippen LogP contribution in [-0.2, 0) is 5.60 Å². The zero-order valence-electron chi connectivity index (χ0n) is 15.7. The summed E-state index contributed by atoms with van der Waals surface area (Å²) < 4.78 is 10.7. The van der Waals surface area contributed by atoms with E-state index < -0.39 is 5.60 Å². The predicted molar refractivity (Wildman–Crippen MR) is 107 cm³/mol. The Bertz CT molecular complexity index is 927. The summed E-state index contributed by atoms with van der Waals surface area (Å²) in [5.74, 6) is 2.34. The number of pyridine rings is 1. The van der Waals surface area contributed by atoms with Crippen molar-refractivity contribution in [2.75, 3.05) is 32.2 Å². The number of hydrogen-bond acceptors (Lipinski definition) is 5. The standard InChI is InChI=1S/C22H24N2O3/c1-26-18-13-17(14-19(15-18)27-2)22(25)9-11-24(12-10-22)21-8-7-16-5-3-4-6-20(16)23-21/h3-8,13-15,25H,9-12H2,1-2H3. The second-order valence-corrected chi connectivity index (χ2v) is 6.98. The van der Waals surface area contributed by atoms with E-state index in [4.69, 9.17) is 14.5 Å². The molecule has 0 aliphatic carbocycles. The summed E-state index contributed by atoms with van der Waals surface area (Å²) in [6.45, 7) is 1.47. The fraction of sp³-hybridized carbons (Fsp3) is 0.318. The molecule has 0 saturated carbocycles. The quantitative estimate of drug-likeness (QED) is 0.764. The van der Waals surface area contributed by atoms with Gasteiger partial charge in [-0.05, 0) is 48.7 Å². The lowest BCUT2D eigenvalue weighted by Crippen LogP contribution is -2.43. The van der Waals surface area contributed by atoms with Crippen LogP contribution < -0.4 is 14.4 Å². The van der Waals surface area contributed by atoms with Gasteiger partial charge in [-0.1, -0.05) is 18.2 Å². The fourth-order valence-electron chi connectivity index (χ4n) is 3.70. The normalized spacial score (nSPS) is 16.3. The second kappa shape index (κ2) is 7.08. The van der Waals surface area contributed by atoms with E-state index in [1.165, 1.54) is 0 Å². The van der Waals surface area contributed by atoms with E-state index in [-0.39, 0.29) is 0 Å². The number of nitrogens with zero attached hydrogens (tertiary/aromatic N) is 2. The molecule has 2 aromatic carbocycles. The summed E-state index contributed by atoms with van der Waals surface area (Å²) in [4.78, 5) is 7.01. The average Bonchev–Trinajstić information content (AvgIpc) is 2.73. The molecular formula is C22H24N2O3. The zero-order chi connectivity index (χ0) is 18.9. The Kier molecular flexibility index (Phi) is 4.62. The smallest absolute Gasteiger partial charge is 0.129 e. The number of para-hydroxylation sites is 1. The highest BCUT2D eigenvalue weighted by molar-refractivity contribution is 5.80. The van der Waals surface area contributed by atoms with Crippen molar-refractivity contribution in [3.63, 3.8) is 0 Å². The number of benzene rings is 2. The van der Waals surface area contributed by atoms with E-state index in [0.717, 1.165) is 35.4 Å². The summed E-state index contributed by atoms with van der Waals surface area (Å²) in [6, 6.07) is 17.9. The minimum absolute atomic E-state index is 0.623. The maximum absolute atomic E-state index is 11.3. The summed E-state index contributed by atoms with van der Waals surface area (Å²) in [7, 11) is 3.24. The van der Waals surface area contributed by atoms with Gasteiger partial charge in [0.2, 0.25) is 0 Å². The molecule has 1 aromatic heterocycles. The monoisotopic (exact) mass is 364 g/mol. The van der Waals surface area contributed by atoms with E-state index >= 15 is 0 Å². The van der Waals surface area contributed by atoms with Crippen LogP contribution >= 0.6 is 0 Å². The van der Waals surface area contributed by atoms with E-state index in [2.05, 4.69) is 23.1 Å². The Labute approximate surface area is 159 Å². The number of methoxy groups -OCH3 is 2. The van der Waals surface area contributed by atoms with Crippen molar-refractivity contribution in [2.24, 2.45) is 0 Å². The first-order valence-corrected chi connectivity index (χ1v) is 9.18. The number of hydrogen-bond donors (Lipinski definition) is 1. The van der Waals surface area contributed by atoms with E-state index in [1.54, 1.807) is 14.2 Å². The number of anilines is 1. The maximum atomic E-state index is 11.3. The van der Waals surface area contributed by atoms with Crippen LogP contribution in [0, 0.1) is 0 Å². The van der Waals surface area contributed by atoms with Gasteiger partial charge in [0.05, 0.1) is 25.3 Å². The molecule has 0 spiro atoms. The zero-order valence-corrected chi connectivity index (χ0v) is 15.7. The van der Waals surface area contributed by atoms with Crippen molar-refractivity contribution in [3.8, 4) is 11.5 Å². The third kappa shape index (κ3) is 3.43. The maximum Gasteiger partial charge on any atom is 0.129 e. The van der Waals surface area contributed by atoms with Crippen molar-refractivity contribution in [1.82, 2.24) is 4.98 Å². The van der Waals surface area contributed by atoms with Gasteiger partial charge in [0.1, 0.15) is 17.3 Å². The molecule has 0 amide bonds.